The summed E-state index contributed by atoms with van der Waals surface area (Å²) in [7, 11) is 2.01. The second kappa shape index (κ2) is 11.4. The third kappa shape index (κ3) is 5.31. The molecule has 1 unspecified atom stereocenters. The standard InChI is InChI=1S/C29H35N3O4/c1-6-34-27-25(17-20(3)4)31(5)28(35-7-2)26(30-27)23-18-32(24-16-12-11-15-22(23)24)29(33)36-19-21-13-9-8-10-14-21/h8-16,18,20,28H,6-7,17,19H2,1-5H3. The van der Waals surface area contributed by atoms with E-state index in [-0.39, 0.29) is 6.61 Å². The molecule has 0 saturated carbocycles. The third-order valence-corrected chi connectivity index (χ3v) is 6.08. The van der Waals surface area contributed by atoms with Crippen molar-refractivity contribution in [3.8, 4) is 0 Å². The van der Waals surface area contributed by atoms with Gasteiger partial charge in [0.2, 0.25) is 5.88 Å². The molecule has 0 bridgehead atoms. The first-order valence-electron chi connectivity index (χ1n) is 12.5. The second-order valence-electron chi connectivity index (χ2n) is 9.17. The molecule has 0 aliphatic carbocycles. The van der Waals surface area contributed by atoms with Gasteiger partial charge >= 0.3 is 6.09 Å². The van der Waals surface area contributed by atoms with Gasteiger partial charge in [-0.25, -0.2) is 9.79 Å². The molecular weight excluding hydrogens is 454 g/mol. The number of benzene rings is 2. The van der Waals surface area contributed by atoms with Crippen LogP contribution in [0, 0.1) is 5.92 Å². The van der Waals surface area contributed by atoms with Crippen LogP contribution in [-0.2, 0) is 20.8 Å². The van der Waals surface area contributed by atoms with Crippen molar-refractivity contribution in [1.82, 2.24) is 9.47 Å². The molecular formula is C29H35N3O4. The summed E-state index contributed by atoms with van der Waals surface area (Å²) in [4.78, 5) is 20.3. The van der Waals surface area contributed by atoms with Crippen LogP contribution in [0.15, 0.2) is 77.4 Å². The highest BCUT2D eigenvalue weighted by Crippen LogP contribution is 2.32. The van der Waals surface area contributed by atoms with Crippen molar-refractivity contribution < 1.29 is 19.0 Å². The van der Waals surface area contributed by atoms with Gasteiger partial charge in [-0.15, -0.1) is 0 Å². The van der Waals surface area contributed by atoms with Crippen LogP contribution in [0.2, 0.25) is 0 Å². The molecule has 7 nitrogen and oxygen atoms in total. The van der Waals surface area contributed by atoms with Crippen molar-refractivity contribution in [1.29, 1.82) is 0 Å². The second-order valence-corrected chi connectivity index (χ2v) is 9.17. The number of carbonyl (C=O) groups is 1. The SMILES string of the molecule is CCOC1=C(CC(C)C)N(C)C(OCC)C(c2cn(C(=O)OCc3ccccc3)c3ccccc23)=N1. The van der Waals surface area contributed by atoms with Crippen LogP contribution in [0.4, 0.5) is 4.79 Å². The van der Waals surface area contributed by atoms with Gasteiger partial charge in [-0.05, 0) is 37.8 Å². The Labute approximate surface area is 213 Å². The monoisotopic (exact) mass is 489 g/mol. The van der Waals surface area contributed by atoms with Gasteiger partial charge in [0.05, 0.1) is 17.8 Å². The van der Waals surface area contributed by atoms with E-state index in [1.807, 2.05) is 75.5 Å². The predicted octanol–water partition coefficient (Wildman–Crippen LogP) is 6.18. The lowest BCUT2D eigenvalue weighted by atomic mass is 10.0. The smallest absolute Gasteiger partial charge is 0.418 e. The van der Waals surface area contributed by atoms with E-state index in [0.29, 0.717) is 30.7 Å². The van der Waals surface area contributed by atoms with E-state index < -0.39 is 12.3 Å². The number of likely N-dealkylation sites (N-methyl/N-ethyl adjacent to an activating group) is 1. The van der Waals surface area contributed by atoms with E-state index in [4.69, 9.17) is 19.2 Å². The average molecular weight is 490 g/mol. The van der Waals surface area contributed by atoms with E-state index in [1.54, 1.807) is 10.8 Å². The molecule has 0 fully saturated rings. The Balaban J connectivity index is 1.78. The molecule has 0 spiro atoms. The van der Waals surface area contributed by atoms with Crippen molar-refractivity contribution in [3.63, 3.8) is 0 Å². The van der Waals surface area contributed by atoms with Crippen LogP contribution >= 0.6 is 0 Å². The molecule has 36 heavy (non-hydrogen) atoms. The van der Waals surface area contributed by atoms with Crippen LogP contribution in [0.5, 0.6) is 0 Å². The Morgan fingerprint density at radius 2 is 1.75 bits per heavy atom. The van der Waals surface area contributed by atoms with Crippen LogP contribution in [0.3, 0.4) is 0 Å². The van der Waals surface area contributed by atoms with Gasteiger partial charge < -0.3 is 19.1 Å². The lowest BCUT2D eigenvalue weighted by molar-refractivity contribution is 0.0126. The Morgan fingerprint density at radius 3 is 2.44 bits per heavy atom. The summed E-state index contributed by atoms with van der Waals surface area (Å²) in [6.07, 6.45) is 1.76. The molecule has 1 aliphatic rings. The first-order valence-corrected chi connectivity index (χ1v) is 12.5. The normalized spacial score (nSPS) is 16.0. The number of rotatable bonds is 9. The molecule has 7 heteroatoms. The lowest BCUT2D eigenvalue weighted by Crippen LogP contribution is -2.44. The van der Waals surface area contributed by atoms with Crippen LogP contribution < -0.4 is 0 Å². The largest absolute Gasteiger partial charge is 0.477 e. The molecule has 2 heterocycles. The zero-order valence-electron chi connectivity index (χ0n) is 21.7. The highest BCUT2D eigenvalue weighted by atomic mass is 16.5. The molecule has 0 saturated heterocycles. The molecule has 3 aromatic rings. The first kappa shape index (κ1) is 25.5. The molecule has 0 radical (unpaired) electrons. The number of para-hydroxylation sites is 1. The Kier molecular flexibility index (Phi) is 8.10. The molecule has 190 valence electrons. The quantitative estimate of drug-likeness (QED) is 0.359. The summed E-state index contributed by atoms with van der Waals surface area (Å²) in [6.45, 7) is 9.50. The highest BCUT2D eigenvalue weighted by Gasteiger charge is 2.34. The summed E-state index contributed by atoms with van der Waals surface area (Å²) in [6, 6.07) is 17.4. The van der Waals surface area contributed by atoms with Crippen molar-refractivity contribution in [2.24, 2.45) is 10.9 Å². The minimum atomic E-state index is -0.444. The van der Waals surface area contributed by atoms with Gasteiger partial charge in [0.15, 0.2) is 6.23 Å². The van der Waals surface area contributed by atoms with E-state index in [2.05, 4.69) is 18.7 Å². The lowest BCUT2D eigenvalue weighted by Gasteiger charge is -2.37. The van der Waals surface area contributed by atoms with Gasteiger partial charge in [-0.1, -0.05) is 62.4 Å². The Morgan fingerprint density at radius 1 is 1.03 bits per heavy atom. The number of allylic oxidation sites excluding steroid dienone is 1. The van der Waals surface area contributed by atoms with Crippen LogP contribution in [0.1, 0.15) is 45.2 Å². The number of hydrogen-bond acceptors (Lipinski definition) is 6. The topological polar surface area (TPSA) is 65.3 Å². The molecule has 1 aliphatic heterocycles. The first-order chi connectivity index (χ1) is 17.4. The summed E-state index contributed by atoms with van der Waals surface area (Å²) < 4.78 is 19.4. The van der Waals surface area contributed by atoms with Crippen molar-refractivity contribution >= 4 is 22.7 Å². The number of fused-ring (bicyclic) bond motifs is 1. The predicted molar refractivity (Wildman–Crippen MR) is 142 cm³/mol. The van der Waals surface area contributed by atoms with Crippen molar-refractivity contribution in [2.75, 3.05) is 20.3 Å². The molecule has 1 atom stereocenters. The fourth-order valence-electron chi connectivity index (χ4n) is 4.44. The Bertz CT molecular complexity index is 1260. The number of hydrogen-bond donors (Lipinski definition) is 0. The van der Waals surface area contributed by atoms with Crippen LogP contribution in [0.25, 0.3) is 10.9 Å². The van der Waals surface area contributed by atoms with Gasteiger partial charge in [-0.2, -0.15) is 0 Å². The molecule has 2 aromatic carbocycles. The summed E-state index contributed by atoms with van der Waals surface area (Å²) >= 11 is 0. The number of ether oxygens (including phenoxy) is 3. The fraction of sp³-hybridized carbons (Fsp3) is 0.379. The summed E-state index contributed by atoms with van der Waals surface area (Å²) in [5, 5.41) is 0.897. The van der Waals surface area contributed by atoms with E-state index in [9.17, 15) is 4.79 Å². The molecule has 4 rings (SSSR count). The van der Waals surface area contributed by atoms with Crippen LogP contribution in [-0.4, -0.2) is 47.8 Å². The minimum Gasteiger partial charge on any atom is -0.477 e. The summed E-state index contributed by atoms with van der Waals surface area (Å²) in [5.41, 5.74) is 4.22. The number of aliphatic imine (C=N–C) groups is 1. The highest BCUT2D eigenvalue weighted by molar-refractivity contribution is 6.14. The number of nitrogens with zero attached hydrogens (tertiary/aromatic N) is 3. The van der Waals surface area contributed by atoms with Gasteiger partial charge in [-0.3, -0.25) is 4.57 Å². The average Bonchev–Trinajstić information content (AvgIpc) is 3.26. The van der Waals surface area contributed by atoms with E-state index in [1.165, 1.54) is 0 Å². The van der Waals surface area contributed by atoms with E-state index in [0.717, 1.165) is 34.1 Å². The van der Waals surface area contributed by atoms with Gasteiger partial charge in [0.1, 0.15) is 12.3 Å². The Hall–Kier alpha value is -3.58. The molecule has 0 N–H and O–H groups in total. The number of aromatic nitrogens is 1. The van der Waals surface area contributed by atoms with Gasteiger partial charge in [0, 0.05) is 30.8 Å². The van der Waals surface area contributed by atoms with Crippen molar-refractivity contribution in [2.45, 2.75) is 47.0 Å². The minimum absolute atomic E-state index is 0.197. The molecule has 0 amide bonds. The van der Waals surface area contributed by atoms with Gasteiger partial charge in [0.25, 0.3) is 0 Å². The summed E-state index contributed by atoms with van der Waals surface area (Å²) in [5.74, 6) is 1.03. The third-order valence-electron chi connectivity index (χ3n) is 6.08. The maximum Gasteiger partial charge on any atom is 0.418 e. The number of carbonyl (C=O) groups excluding carboxylic acids is 1. The van der Waals surface area contributed by atoms with E-state index >= 15 is 0 Å². The van der Waals surface area contributed by atoms with Crippen molar-refractivity contribution in [3.05, 3.63) is 83.5 Å². The zero-order valence-corrected chi connectivity index (χ0v) is 21.7. The molecule has 1 aromatic heterocycles. The fourth-order valence-corrected chi connectivity index (χ4v) is 4.44. The zero-order chi connectivity index (χ0) is 25.7. The maximum absolute atomic E-state index is 13.2. The maximum atomic E-state index is 13.2.